The molecule has 0 saturated carbocycles. The minimum Gasteiger partial charge on any atom is -0.394 e. The van der Waals surface area contributed by atoms with Crippen LogP contribution in [0.5, 0.6) is 0 Å². The van der Waals surface area contributed by atoms with Crippen molar-refractivity contribution in [2.24, 2.45) is 17.8 Å². The van der Waals surface area contributed by atoms with E-state index in [-0.39, 0.29) is 35.5 Å². The second-order valence-electron chi connectivity index (χ2n) is 10.9. The molecule has 1 N–H and O–H groups in total. The first-order valence-corrected chi connectivity index (χ1v) is 14.3. The third kappa shape index (κ3) is 4.75. The summed E-state index contributed by atoms with van der Waals surface area (Å²) in [5.74, 6) is -1.34. The van der Waals surface area contributed by atoms with E-state index in [4.69, 9.17) is 4.74 Å². The van der Waals surface area contributed by atoms with Crippen LogP contribution in [0.3, 0.4) is 0 Å². The first-order valence-electron chi connectivity index (χ1n) is 13.4. The molecule has 4 saturated heterocycles. The summed E-state index contributed by atoms with van der Waals surface area (Å²) in [4.78, 5) is 49.4. The highest BCUT2D eigenvalue weighted by molar-refractivity contribution is 8.02. The molecule has 37 heavy (non-hydrogen) atoms. The van der Waals surface area contributed by atoms with Crippen LogP contribution in [-0.2, 0) is 19.1 Å². The maximum absolute atomic E-state index is 14.4. The molecule has 4 aliphatic rings. The van der Waals surface area contributed by atoms with E-state index in [1.165, 1.54) is 0 Å². The lowest BCUT2D eigenvalue weighted by Crippen LogP contribution is -2.59. The Kier molecular flexibility index (Phi) is 8.72. The number of hydrogen-bond donors (Lipinski definition) is 1. The summed E-state index contributed by atoms with van der Waals surface area (Å²) in [5.41, 5.74) is 0. The van der Waals surface area contributed by atoms with Crippen molar-refractivity contribution in [3.63, 3.8) is 0 Å². The summed E-state index contributed by atoms with van der Waals surface area (Å²) in [6, 6.07) is -1.26. The molecule has 0 aliphatic carbocycles. The minimum atomic E-state index is -0.732. The number of thioether (sulfide) groups is 1. The normalized spacial score (nSPS) is 33.8. The molecule has 9 nitrogen and oxygen atoms in total. The maximum atomic E-state index is 14.4. The van der Waals surface area contributed by atoms with Crippen molar-refractivity contribution in [1.82, 2.24) is 19.6 Å². The van der Waals surface area contributed by atoms with Crippen LogP contribution in [0.15, 0.2) is 25.3 Å². The number of aliphatic hydroxyl groups is 1. The van der Waals surface area contributed by atoms with Crippen molar-refractivity contribution >= 4 is 29.5 Å². The molecule has 1 spiro atoms. The fraction of sp³-hybridized carbons (Fsp3) is 0.741. The minimum absolute atomic E-state index is 0.00759. The van der Waals surface area contributed by atoms with E-state index in [2.05, 4.69) is 25.0 Å². The van der Waals surface area contributed by atoms with Crippen molar-refractivity contribution in [2.45, 2.75) is 42.3 Å². The van der Waals surface area contributed by atoms with Gasteiger partial charge in [0.05, 0.1) is 42.4 Å². The molecule has 2 bridgehead atoms. The summed E-state index contributed by atoms with van der Waals surface area (Å²) >= 11 is 1.67. The molecule has 0 radical (unpaired) electrons. The van der Waals surface area contributed by atoms with Crippen LogP contribution in [0.4, 0.5) is 0 Å². The zero-order chi connectivity index (χ0) is 26.9. The number of likely N-dealkylation sites (N-methyl/N-ethyl adjacent to an activating group) is 1. The zero-order valence-corrected chi connectivity index (χ0v) is 23.2. The van der Waals surface area contributed by atoms with Gasteiger partial charge in [-0.1, -0.05) is 19.1 Å². The van der Waals surface area contributed by atoms with Gasteiger partial charge in [-0.3, -0.25) is 19.3 Å². The number of carbonyl (C=O) groups is 3. The van der Waals surface area contributed by atoms with Crippen molar-refractivity contribution in [3.05, 3.63) is 25.3 Å². The SMILES string of the molecule is C=CCN(C)C(=O)[C@@H]1[C@@H]2CC(C)C3(S2)C(C(=O)N(CC=C)CCN2CCOCC2)N([C@H](C)CO)C(=O)[C@H]13. The first-order chi connectivity index (χ1) is 17.7. The monoisotopic (exact) mass is 534 g/mol. The molecule has 4 heterocycles. The lowest BCUT2D eigenvalue weighted by molar-refractivity contribution is -0.146. The molecular weight excluding hydrogens is 492 g/mol. The van der Waals surface area contributed by atoms with Gasteiger partial charge in [0, 0.05) is 51.6 Å². The fourth-order valence-electron chi connectivity index (χ4n) is 6.83. The number of amides is 3. The Balaban J connectivity index is 1.68. The molecule has 3 amide bonds. The molecule has 3 unspecified atom stereocenters. The quantitative estimate of drug-likeness (QED) is 0.390. The third-order valence-electron chi connectivity index (χ3n) is 8.67. The Hall–Kier alpha value is -1.88. The molecule has 7 atom stereocenters. The van der Waals surface area contributed by atoms with Gasteiger partial charge in [0.15, 0.2) is 0 Å². The largest absolute Gasteiger partial charge is 0.394 e. The first kappa shape index (κ1) is 28.1. The molecule has 4 aliphatic heterocycles. The van der Waals surface area contributed by atoms with Gasteiger partial charge in [0.25, 0.3) is 0 Å². The van der Waals surface area contributed by atoms with E-state index in [9.17, 15) is 19.5 Å². The van der Waals surface area contributed by atoms with E-state index in [1.807, 2.05) is 0 Å². The van der Waals surface area contributed by atoms with E-state index in [0.29, 0.717) is 39.4 Å². The third-order valence-corrected chi connectivity index (χ3v) is 10.7. The van der Waals surface area contributed by atoms with Gasteiger partial charge < -0.3 is 24.5 Å². The average Bonchev–Trinajstić information content (AvgIpc) is 3.49. The number of fused-ring (bicyclic) bond motifs is 1. The van der Waals surface area contributed by atoms with Crippen molar-refractivity contribution in [3.8, 4) is 0 Å². The van der Waals surface area contributed by atoms with Gasteiger partial charge in [0.1, 0.15) is 6.04 Å². The van der Waals surface area contributed by atoms with Gasteiger partial charge in [-0.2, -0.15) is 0 Å². The lowest BCUT2D eigenvalue weighted by Gasteiger charge is -2.42. The molecular formula is C27H42N4O5S. The summed E-state index contributed by atoms with van der Waals surface area (Å²) in [5, 5.41) is 10.1. The fourth-order valence-corrected chi connectivity index (χ4v) is 9.22. The number of morpholine rings is 1. The summed E-state index contributed by atoms with van der Waals surface area (Å²) in [6.07, 6.45) is 4.19. The topological polar surface area (TPSA) is 93.6 Å². The Morgan fingerprint density at radius 3 is 2.54 bits per heavy atom. The van der Waals surface area contributed by atoms with E-state index in [1.54, 1.807) is 52.6 Å². The maximum Gasteiger partial charge on any atom is 0.247 e. The van der Waals surface area contributed by atoms with Crippen molar-refractivity contribution in [1.29, 1.82) is 0 Å². The van der Waals surface area contributed by atoms with Gasteiger partial charge in [-0.25, -0.2) is 0 Å². The van der Waals surface area contributed by atoms with E-state index < -0.39 is 28.7 Å². The van der Waals surface area contributed by atoms with Gasteiger partial charge in [-0.05, 0) is 19.3 Å². The van der Waals surface area contributed by atoms with Gasteiger partial charge in [-0.15, -0.1) is 24.9 Å². The van der Waals surface area contributed by atoms with Gasteiger partial charge >= 0.3 is 0 Å². The Bertz CT molecular complexity index is 911. The van der Waals surface area contributed by atoms with E-state index in [0.717, 1.165) is 19.5 Å². The van der Waals surface area contributed by atoms with Crippen LogP contribution in [0, 0.1) is 17.8 Å². The number of carbonyl (C=O) groups excluding carboxylic acids is 3. The number of rotatable bonds is 11. The number of ether oxygens (including phenoxy) is 1. The number of hydrogen-bond acceptors (Lipinski definition) is 7. The average molecular weight is 535 g/mol. The highest BCUT2D eigenvalue weighted by atomic mass is 32.2. The van der Waals surface area contributed by atoms with E-state index >= 15 is 0 Å². The molecule has 0 aromatic rings. The van der Waals surface area contributed by atoms with Crippen molar-refractivity contribution < 1.29 is 24.2 Å². The van der Waals surface area contributed by atoms with Crippen LogP contribution in [0.1, 0.15) is 20.3 Å². The van der Waals surface area contributed by atoms with Crippen LogP contribution in [0.2, 0.25) is 0 Å². The second-order valence-corrected chi connectivity index (χ2v) is 12.4. The van der Waals surface area contributed by atoms with Gasteiger partial charge in [0.2, 0.25) is 17.7 Å². The van der Waals surface area contributed by atoms with Crippen LogP contribution >= 0.6 is 11.8 Å². The molecule has 206 valence electrons. The standard InChI is InChI=1S/C27H42N4O5S/c1-6-8-28(5)24(33)21-20-16-18(3)27(37-20)22(21)25(34)31(19(4)17-32)23(27)26(35)30(9-7-2)11-10-29-12-14-36-15-13-29/h6-7,18-23,32H,1-2,8-17H2,3-5H3/t18?,19-,20+,21-,22+,23?,27?/m1/s1. The predicted molar refractivity (Wildman–Crippen MR) is 144 cm³/mol. The number of likely N-dealkylation sites (tertiary alicyclic amines) is 1. The number of aliphatic hydroxyl groups excluding tert-OH is 1. The van der Waals surface area contributed by atoms with Crippen LogP contribution in [0.25, 0.3) is 0 Å². The Morgan fingerprint density at radius 1 is 1.24 bits per heavy atom. The highest BCUT2D eigenvalue weighted by Gasteiger charge is 2.76. The van der Waals surface area contributed by atoms with Crippen LogP contribution < -0.4 is 0 Å². The van der Waals surface area contributed by atoms with Crippen molar-refractivity contribution in [2.75, 3.05) is 66.1 Å². The second kappa shape index (κ2) is 11.5. The van der Waals surface area contributed by atoms with Crippen LogP contribution in [-0.4, -0.2) is 131 Å². The molecule has 0 aromatic carbocycles. The number of nitrogens with zero attached hydrogens (tertiary/aromatic N) is 4. The molecule has 10 heteroatoms. The summed E-state index contributed by atoms with van der Waals surface area (Å²) in [6.45, 7) is 16.3. The smallest absolute Gasteiger partial charge is 0.247 e. The Morgan fingerprint density at radius 2 is 1.92 bits per heavy atom. The molecule has 0 aromatic heterocycles. The summed E-state index contributed by atoms with van der Waals surface area (Å²) in [7, 11) is 1.74. The molecule has 4 fully saturated rings. The summed E-state index contributed by atoms with van der Waals surface area (Å²) < 4.78 is 4.76. The zero-order valence-electron chi connectivity index (χ0n) is 22.4. The highest BCUT2D eigenvalue weighted by Crippen LogP contribution is 2.69. The predicted octanol–water partition coefficient (Wildman–Crippen LogP) is 0.696. The Labute approximate surface area is 224 Å². The molecule has 4 rings (SSSR count). The lowest BCUT2D eigenvalue weighted by atomic mass is 9.65.